The van der Waals surface area contributed by atoms with Crippen molar-refractivity contribution in [1.29, 1.82) is 0 Å². The molecule has 0 heterocycles. The van der Waals surface area contributed by atoms with E-state index in [1.54, 1.807) is 18.2 Å². The Kier molecular flexibility index (Phi) is 5.19. The highest BCUT2D eigenvalue weighted by molar-refractivity contribution is 7.86. The summed E-state index contributed by atoms with van der Waals surface area (Å²) < 4.78 is 40.1. The molecule has 0 saturated heterocycles. The van der Waals surface area contributed by atoms with Gasteiger partial charge in [0.2, 0.25) is 8.03 Å². The summed E-state index contributed by atoms with van der Waals surface area (Å²) >= 11 is 5.70. The van der Waals surface area contributed by atoms with Crippen LogP contribution < -0.4 is 5.30 Å². The Labute approximate surface area is 128 Å². The zero-order chi connectivity index (χ0) is 15.5. The van der Waals surface area contributed by atoms with Crippen LogP contribution in [0.15, 0.2) is 53.4 Å². The van der Waals surface area contributed by atoms with Gasteiger partial charge in [0, 0.05) is 10.3 Å². The first-order chi connectivity index (χ1) is 9.90. The molecule has 21 heavy (non-hydrogen) atoms. The molecular weight excluding hydrogens is 335 g/mol. The van der Waals surface area contributed by atoms with E-state index in [9.17, 15) is 17.9 Å². The van der Waals surface area contributed by atoms with Gasteiger partial charge in [-0.05, 0) is 35.9 Å². The Bertz CT molecular complexity index is 758. The van der Waals surface area contributed by atoms with Crippen LogP contribution in [0.2, 0.25) is 5.02 Å². The second kappa shape index (κ2) is 6.73. The SMILES string of the molecule is O=[PH](O)c1ccccc1COS(=O)(=O)c1ccc(Cl)cc1. The van der Waals surface area contributed by atoms with Crippen molar-refractivity contribution in [1.82, 2.24) is 0 Å². The molecule has 0 spiro atoms. The van der Waals surface area contributed by atoms with Gasteiger partial charge in [0.25, 0.3) is 10.1 Å². The lowest BCUT2D eigenvalue weighted by molar-refractivity contribution is 0.308. The Morgan fingerprint density at radius 1 is 1.10 bits per heavy atom. The second-order valence-corrected chi connectivity index (χ2v) is 7.33. The minimum Gasteiger partial charge on any atom is -0.343 e. The summed E-state index contributed by atoms with van der Waals surface area (Å²) in [7, 11) is -6.87. The van der Waals surface area contributed by atoms with Crippen LogP contribution in [0, 0.1) is 0 Å². The molecule has 112 valence electrons. The highest BCUT2D eigenvalue weighted by Crippen LogP contribution is 2.20. The van der Waals surface area contributed by atoms with Crippen LogP contribution in [-0.2, 0) is 25.5 Å². The van der Waals surface area contributed by atoms with E-state index < -0.39 is 18.1 Å². The van der Waals surface area contributed by atoms with Crippen LogP contribution in [-0.4, -0.2) is 13.3 Å². The first-order valence-corrected chi connectivity index (χ1v) is 9.00. The van der Waals surface area contributed by atoms with Crippen LogP contribution in [0.25, 0.3) is 0 Å². The summed E-state index contributed by atoms with van der Waals surface area (Å²) in [6.45, 7) is -0.307. The van der Waals surface area contributed by atoms with Crippen molar-refractivity contribution in [3.8, 4) is 0 Å². The topological polar surface area (TPSA) is 80.7 Å². The molecule has 1 N–H and O–H groups in total. The highest BCUT2D eigenvalue weighted by atomic mass is 35.5. The van der Waals surface area contributed by atoms with Gasteiger partial charge in [0.05, 0.1) is 11.5 Å². The second-order valence-electron chi connectivity index (χ2n) is 4.13. The zero-order valence-electron chi connectivity index (χ0n) is 10.7. The first kappa shape index (κ1) is 16.2. The highest BCUT2D eigenvalue weighted by Gasteiger charge is 2.16. The molecule has 0 aliphatic rings. The van der Waals surface area contributed by atoms with E-state index in [0.29, 0.717) is 10.6 Å². The molecule has 0 saturated carbocycles. The molecule has 0 aliphatic heterocycles. The van der Waals surface area contributed by atoms with Gasteiger partial charge in [-0.2, -0.15) is 8.42 Å². The lowest BCUT2D eigenvalue weighted by atomic mass is 10.2. The maximum atomic E-state index is 12.0. The Morgan fingerprint density at radius 3 is 2.33 bits per heavy atom. The fourth-order valence-electron chi connectivity index (χ4n) is 1.67. The van der Waals surface area contributed by atoms with Gasteiger partial charge in [0.15, 0.2) is 0 Å². The van der Waals surface area contributed by atoms with Crippen molar-refractivity contribution in [3.63, 3.8) is 0 Å². The Morgan fingerprint density at radius 2 is 1.71 bits per heavy atom. The summed E-state index contributed by atoms with van der Waals surface area (Å²) in [5.74, 6) is 0. The summed E-state index contributed by atoms with van der Waals surface area (Å²) in [6.07, 6.45) is 0. The minimum absolute atomic E-state index is 0.0268. The largest absolute Gasteiger partial charge is 0.343 e. The predicted octanol–water partition coefficient (Wildman–Crippen LogP) is 2.34. The molecule has 0 aliphatic carbocycles. The van der Waals surface area contributed by atoms with Crippen LogP contribution >= 0.6 is 19.6 Å². The van der Waals surface area contributed by atoms with E-state index >= 15 is 0 Å². The van der Waals surface area contributed by atoms with Gasteiger partial charge in [-0.3, -0.25) is 8.75 Å². The summed E-state index contributed by atoms with van der Waals surface area (Å²) in [5.41, 5.74) is 0.362. The molecule has 2 aromatic carbocycles. The fraction of sp³-hybridized carbons (Fsp3) is 0.0769. The van der Waals surface area contributed by atoms with Crippen molar-refractivity contribution in [2.45, 2.75) is 11.5 Å². The van der Waals surface area contributed by atoms with E-state index in [1.165, 1.54) is 30.3 Å². The maximum Gasteiger partial charge on any atom is 0.297 e. The van der Waals surface area contributed by atoms with Crippen LogP contribution in [0.3, 0.4) is 0 Å². The molecule has 0 radical (unpaired) electrons. The van der Waals surface area contributed by atoms with E-state index in [2.05, 4.69) is 0 Å². The van der Waals surface area contributed by atoms with Gasteiger partial charge in [-0.15, -0.1) is 0 Å². The lowest BCUT2D eigenvalue weighted by Crippen LogP contribution is -2.11. The van der Waals surface area contributed by atoms with Gasteiger partial charge < -0.3 is 4.89 Å². The molecular formula is C13H12ClO5PS. The molecule has 1 atom stereocenters. The number of hydrogen-bond donors (Lipinski definition) is 1. The maximum absolute atomic E-state index is 12.0. The van der Waals surface area contributed by atoms with Crippen molar-refractivity contribution in [2.75, 3.05) is 0 Å². The number of rotatable bonds is 5. The number of hydrogen-bond acceptors (Lipinski definition) is 4. The van der Waals surface area contributed by atoms with Gasteiger partial charge in [-0.25, -0.2) is 0 Å². The van der Waals surface area contributed by atoms with Crippen LogP contribution in [0.5, 0.6) is 0 Å². The fourth-order valence-corrected chi connectivity index (χ4v) is 3.35. The smallest absolute Gasteiger partial charge is 0.297 e. The van der Waals surface area contributed by atoms with Crippen LogP contribution in [0.1, 0.15) is 5.56 Å². The molecule has 1 unspecified atom stereocenters. The average Bonchev–Trinajstić information content (AvgIpc) is 2.46. The van der Waals surface area contributed by atoms with Crippen LogP contribution in [0.4, 0.5) is 0 Å². The van der Waals surface area contributed by atoms with E-state index in [-0.39, 0.29) is 16.8 Å². The number of halogens is 1. The third-order valence-corrected chi connectivity index (χ3v) is 5.20. The van der Waals surface area contributed by atoms with E-state index in [1.807, 2.05) is 0 Å². The molecule has 0 fully saturated rings. The first-order valence-electron chi connectivity index (χ1n) is 5.86. The van der Waals surface area contributed by atoms with Crippen molar-refractivity contribution >= 4 is 35.1 Å². The van der Waals surface area contributed by atoms with Gasteiger partial charge in [-0.1, -0.05) is 29.8 Å². The Balaban J connectivity index is 2.19. The summed E-state index contributed by atoms with van der Waals surface area (Å²) in [6, 6.07) is 11.8. The molecule has 8 heteroatoms. The molecule has 0 bridgehead atoms. The van der Waals surface area contributed by atoms with Gasteiger partial charge >= 0.3 is 0 Å². The molecule has 5 nitrogen and oxygen atoms in total. The zero-order valence-corrected chi connectivity index (χ0v) is 13.3. The minimum atomic E-state index is -3.95. The monoisotopic (exact) mass is 346 g/mol. The standard InChI is InChI=1S/C13H12ClO5PS/c14-11-5-7-12(8-6-11)21(17,18)19-9-10-3-1-2-4-13(10)20(15)16/h1-8,20H,9H2,(H,15,16). The lowest BCUT2D eigenvalue weighted by Gasteiger charge is -2.08. The molecule has 2 rings (SSSR count). The predicted molar refractivity (Wildman–Crippen MR) is 80.7 cm³/mol. The van der Waals surface area contributed by atoms with Gasteiger partial charge in [0.1, 0.15) is 0 Å². The summed E-state index contributed by atoms with van der Waals surface area (Å²) in [5, 5.41) is 0.604. The van der Waals surface area contributed by atoms with E-state index in [0.717, 1.165) is 0 Å². The molecule has 0 amide bonds. The number of benzene rings is 2. The van der Waals surface area contributed by atoms with Crippen molar-refractivity contribution in [3.05, 3.63) is 59.1 Å². The normalized spacial score (nSPS) is 13.0. The van der Waals surface area contributed by atoms with Crippen molar-refractivity contribution in [2.24, 2.45) is 0 Å². The Hall–Kier alpha value is -1.17. The average molecular weight is 347 g/mol. The summed E-state index contributed by atoms with van der Waals surface area (Å²) in [4.78, 5) is 9.18. The molecule has 0 aromatic heterocycles. The van der Waals surface area contributed by atoms with Crippen molar-refractivity contribution < 1.29 is 22.1 Å². The third kappa shape index (κ3) is 4.15. The quantitative estimate of drug-likeness (QED) is 0.664. The third-order valence-electron chi connectivity index (χ3n) is 2.72. The molecule has 2 aromatic rings. The van der Waals surface area contributed by atoms with E-state index in [4.69, 9.17) is 15.8 Å².